The number of hydrogen-bond acceptors (Lipinski definition) is 3. The number of halogens is 1. The van der Waals surface area contributed by atoms with Crippen molar-refractivity contribution >= 4 is 35.0 Å². The minimum Gasteiger partial charge on any atom is -0.324 e. The smallest absolute Gasteiger partial charge is 0.247 e. The normalized spacial score (nSPS) is 24.5. The Morgan fingerprint density at radius 1 is 1.13 bits per heavy atom. The van der Waals surface area contributed by atoms with Crippen LogP contribution in [0.5, 0.6) is 0 Å². The highest BCUT2D eigenvalue weighted by molar-refractivity contribution is 6.30. The van der Waals surface area contributed by atoms with E-state index in [9.17, 15) is 14.4 Å². The molecule has 1 fully saturated rings. The first kappa shape index (κ1) is 15.7. The average Bonchev–Trinajstić information content (AvgIpc) is 2.81. The van der Waals surface area contributed by atoms with E-state index in [1.165, 1.54) is 0 Å². The molecule has 23 heavy (non-hydrogen) atoms. The van der Waals surface area contributed by atoms with E-state index >= 15 is 0 Å². The summed E-state index contributed by atoms with van der Waals surface area (Å²) >= 11 is 5.81. The van der Waals surface area contributed by atoms with Crippen LogP contribution >= 0.6 is 11.6 Å². The molecule has 3 atom stereocenters. The van der Waals surface area contributed by atoms with E-state index in [0.29, 0.717) is 23.6 Å². The summed E-state index contributed by atoms with van der Waals surface area (Å²) in [5.41, 5.74) is 0.574. The zero-order valence-corrected chi connectivity index (χ0v) is 13.4. The van der Waals surface area contributed by atoms with Crippen molar-refractivity contribution in [1.29, 1.82) is 0 Å². The number of anilines is 1. The van der Waals surface area contributed by atoms with Crippen LogP contribution in [-0.2, 0) is 14.4 Å². The van der Waals surface area contributed by atoms with E-state index in [1.54, 1.807) is 31.2 Å². The maximum absolute atomic E-state index is 12.5. The van der Waals surface area contributed by atoms with Crippen LogP contribution in [-0.4, -0.2) is 28.7 Å². The summed E-state index contributed by atoms with van der Waals surface area (Å²) in [7, 11) is 0. The van der Waals surface area contributed by atoms with Gasteiger partial charge in [0.1, 0.15) is 6.04 Å². The van der Waals surface area contributed by atoms with Gasteiger partial charge in [-0.2, -0.15) is 0 Å². The number of benzene rings is 1. The summed E-state index contributed by atoms with van der Waals surface area (Å²) in [6, 6.07) is 5.83. The van der Waals surface area contributed by atoms with Gasteiger partial charge in [-0.25, -0.2) is 0 Å². The first-order chi connectivity index (χ1) is 11.0. The summed E-state index contributed by atoms with van der Waals surface area (Å²) < 4.78 is 0. The van der Waals surface area contributed by atoms with Gasteiger partial charge in [-0.05, 0) is 44.0 Å². The summed E-state index contributed by atoms with van der Waals surface area (Å²) in [4.78, 5) is 38.4. The molecule has 1 aliphatic carbocycles. The molecule has 3 rings (SSSR count). The molecule has 3 amide bonds. The molecule has 1 aromatic carbocycles. The van der Waals surface area contributed by atoms with Crippen molar-refractivity contribution in [2.75, 3.05) is 5.32 Å². The molecule has 0 bridgehead atoms. The quantitative estimate of drug-likeness (QED) is 0.683. The van der Waals surface area contributed by atoms with Gasteiger partial charge < -0.3 is 5.32 Å². The predicted molar refractivity (Wildman–Crippen MR) is 86.8 cm³/mol. The second kappa shape index (κ2) is 6.16. The van der Waals surface area contributed by atoms with Gasteiger partial charge in [-0.3, -0.25) is 19.3 Å². The van der Waals surface area contributed by atoms with Crippen LogP contribution < -0.4 is 5.32 Å². The first-order valence-electron chi connectivity index (χ1n) is 7.57. The molecule has 1 aliphatic heterocycles. The lowest BCUT2D eigenvalue weighted by molar-refractivity contribution is -0.146. The molecule has 120 valence electrons. The highest BCUT2D eigenvalue weighted by atomic mass is 35.5. The maximum atomic E-state index is 12.5. The van der Waals surface area contributed by atoms with Gasteiger partial charge in [0.15, 0.2) is 0 Å². The van der Waals surface area contributed by atoms with Gasteiger partial charge in [0.2, 0.25) is 17.7 Å². The van der Waals surface area contributed by atoms with Crippen LogP contribution in [0.3, 0.4) is 0 Å². The van der Waals surface area contributed by atoms with Gasteiger partial charge in [0.05, 0.1) is 11.8 Å². The Labute approximate surface area is 139 Å². The van der Waals surface area contributed by atoms with E-state index in [0.717, 1.165) is 4.90 Å². The van der Waals surface area contributed by atoms with Crippen molar-refractivity contribution in [3.8, 4) is 0 Å². The van der Waals surface area contributed by atoms with E-state index in [-0.39, 0.29) is 29.6 Å². The molecular formula is C17H17ClN2O3. The molecule has 2 aliphatic rings. The van der Waals surface area contributed by atoms with Crippen LogP contribution in [0, 0.1) is 11.8 Å². The van der Waals surface area contributed by atoms with Gasteiger partial charge >= 0.3 is 0 Å². The third kappa shape index (κ3) is 2.88. The number of amides is 3. The SMILES string of the molecule is C[C@@H](C(=O)Nc1ccc(Cl)cc1)N1C(=O)[C@@H]2CC=CC[C@H]2C1=O. The lowest BCUT2D eigenvalue weighted by atomic mass is 9.85. The molecule has 0 radical (unpaired) electrons. The Morgan fingerprint density at radius 3 is 2.17 bits per heavy atom. The molecule has 1 saturated heterocycles. The molecule has 6 heteroatoms. The fourth-order valence-electron chi connectivity index (χ4n) is 3.10. The minimum absolute atomic E-state index is 0.247. The van der Waals surface area contributed by atoms with Crippen molar-refractivity contribution in [2.45, 2.75) is 25.8 Å². The monoisotopic (exact) mass is 332 g/mol. The Bertz CT molecular complexity index is 658. The predicted octanol–water partition coefficient (Wildman–Crippen LogP) is 2.62. The van der Waals surface area contributed by atoms with Crippen LogP contribution in [0.25, 0.3) is 0 Å². The zero-order chi connectivity index (χ0) is 16.6. The average molecular weight is 333 g/mol. The first-order valence-corrected chi connectivity index (χ1v) is 7.95. The van der Waals surface area contributed by atoms with Gasteiger partial charge in [-0.15, -0.1) is 0 Å². The van der Waals surface area contributed by atoms with Crippen LogP contribution in [0.2, 0.25) is 5.02 Å². The Morgan fingerprint density at radius 2 is 1.65 bits per heavy atom. The lowest BCUT2D eigenvalue weighted by Gasteiger charge is -2.22. The number of carbonyl (C=O) groups excluding carboxylic acids is 3. The van der Waals surface area contributed by atoms with Crippen LogP contribution in [0.15, 0.2) is 36.4 Å². The molecule has 0 spiro atoms. The third-order valence-electron chi connectivity index (χ3n) is 4.42. The lowest BCUT2D eigenvalue weighted by Crippen LogP contribution is -2.46. The van der Waals surface area contributed by atoms with Crippen molar-refractivity contribution in [1.82, 2.24) is 4.90 Å². The number of imide groups is 1. The molecule has 1 N–H and O–H groups in total. The molecule has 5 nitrogen and oxygen atoms in total. The number of nitrogens with zero attached hydrogens (tertiary/aromatic N) is 1. The topological polar surface area (TPSA) is 66.5 Å². The molecule has 1 heterocycles. The fourth-order valence-corrected chi connectivity index (χ4v) is 3.23. The number of nitrogens with one attached hydrogen (secondary N) is 1. The number of fused-ring (bicyclic) bond motifs is 1. The summed E-state index contributed by atoms with van der Waals surface area (Å²) in [6.45, 7) is 1.58. The van der Waals surface area contributed by atoms with E-state index < -0.39 is 6.04 Å². The largest absolute Gasteiger partial charge is 0.324 e. The van der Waals surface area contributed by atoms with E-state index in [1.807, 2.05) is 12.2 Å². The van der Waals surface area contributed by atoms with Crippen molar-refractivity contribution in [3.05, 3.63) is 41.4 Å². The molecule has 0 aromatic heterocycles. The van der Waals surface area contributed by atoms with Gasteiger partial charge in [0, 0.05) is 10.7 Å². The summed E-state index contributed by atoms with van der Waals surface area (Å²) in [5, 5.41) is 3.28. The molecular weight excluding hydrogens is 316 g/mol. The standard InChI is InChI=1S/C17H17ClN2O3/c1-10(15(21)19-12-8-6-11(18)7-9-12)20-16(22)13-4-2-3-5-14(13)17(20)23/h2-3,6-10,13-14H,4-5H2,1H3,(H,19,21)/t10-,13+,14+/m0/s1. The molecule has 1 aromatic rings. The fraction of sp³-hybridized carbons (Fsp3) is 0.353. The van der Waals surface area contributed by atoms with Crippen molar-refractivity contribution in [3.63, 3.8) is 0 Å². The number of rotatable bonds is 3. The Hall–Kier alpha value is -2.14. The molecule has 0 saturated carbocycles. The van der Waals surface area contributed by atoms with Crippen LogP contribution in [0.1, 0.15) is 19.8 Å². The minimum atomic E-state index is -0.837. The Balaban J connectivity index is 1.73. The van der Waals surface area contributed by atoms with Gasteiger partial charge in [-0.1, -0.05) is 23.8 Å². The number of hydrogen-bond donors (Lipinski definition) is 1. The van der Waals surface area contributed by atoms with Crippen molar-refractivity contribution in [2.24, 2.45) is 11.8 Å². The van der Waals surface area contributed by atoms with Crippen LogP contribution in [0.4, 0.5) is 5.69 Å². The highest BCUT2D eigenvalue weighted by Crippen LogP contribution is 2.36. The number of carbonyl (C=O) groups is 3. The van der Waals surface area contributed by atoms with E-state index in [2.05, 4.69) is 5.32 Å². The van der Waals surface area contributed by atoms with Crippen molar-refractivity contribution < 1.29 is 14.4 Å². The second-order valence-corrected chi connectivity index (χ2v) is 6.31. The van der Waals surface area contributed by atoms with Gasteiger partial charge in [0.25, 0.3) is 0 Å². The highest BCUT2D eigenvalue weighted by Gasteiger charge is 2.50. The summed E-state index contributed by atoms with van der Waals surface area (Å²) in [6.07, 6.45) is 4.98. The second-order valence-electron chi connectivity index (χ2n) is 5.87. The summed E-state index contributed by atoms with van der Waals surface area (Å²) in [5.74, 6) is -1.52. The number of allylic oxidation sites excluding steroid dienone is 2. The third-order valence-corrected chi connectivity index (χ3v) is 4.67. The molecule has 0 unspecified atom stereocenters. The Kier molecular flexibility index (Phi) is 4.22. The number of likely N-dealkylation sites (tertiary alicyclic amines) is 1. The zero-order valence-electron chi connectivity index (χ0n) is 12.7. The maximum Gasteiger partial charge on any atom is 0.247 e. The van der Waals surface area contributed by atoms with E-state index in [4.69, 9.17) is 11.6 Å².